The maximum absolute atomic E-state index is 12.8. The molecule has 1 atom stereocenters. The van der Waals surface area contributed by atoms with Crippen LogP contribution in [0.2, 0.25) is 0 Å². The smallest absolute Gasteiger partial charge is 0.243 e. The molecule has 0 bridgehead atoms. The van der Waals surface area contributed by atoms with Crippen molar-refractivity contribution in [2.24, 2.45) is 0 Å². The van der Waals surface area contributed by atoms with Gasteiger partial charge in [-0.1, -0.05) is 32.1 Å². The van der Waals surface area contributed by atoms with E-state index in [-0.39, 0.29) is 11.9 Å². The number of carbonyl (C=O) groups is 1. The second-order valence-electron chi connectivity index (χ2n) is 6.98. The monoisotopic (exact) mass is 382 g/mol. The average molecular weight is 383 g/mol. The largest absolute Gasteiger partial charge is 0.497 e. The van der Waals surface area contributed by atoms with Crippen molar-refractivity contribution in [1.29, 1.82) is 0 Å². The van der Waals surface area contributed by atoms with Crippen LogP contribution in [0.5, 0.6) is 5.75 Å². The van der Waals surface area contributed by atoms with Crippen LogP contribution in [0.3, 0.4) is 0 Å². The molecule has 146 valence electrons. The molecule has 1 aliphatic carbocycles. The normalized spacial score (nSPS) is 17.7. The van der Waals surface area contributed by atoms with Crippen LogP contribution in [0, 0.1) is 0 Å². The number of sulfonamides is 1. The molecule has 2 rings (SSSR count). The Hall–Kier alpha value is -1.76. The summed E-state index contributed by atoms with van der Waals surface area (Å²) in [5.41, 5.74) is 0.452. The average Bonchev–Trinajstić information content (AvgIpc) is 2.56. The van der Waals surface area contributed by atoms with Crippen molar-refractivity contribution in [3.63, 3.8) is 0 Å². The van der Waals surface area contributed by atoms with E-state index < -0.39 is 16.1 Å². The molecule has 0 radical (unpaired) electrons. The van der Waals surface area contributed by atoms with Gasteiger partial charge in [-0.25, -0.2) is 8.42 Å². The lowest BCUT2D eigenvalue weighted by molar-refractivity contribution is -0.122. The van der Waals surface area contributed by atoms with Gasteiger partial charge in [-0.3, -0.25) is 9.10 Å². The Morgan fingerprint density at radius 1 is 1.12 bits per heavy atom. The van der Waals surface area contributed by atoms with Gasteiger partial charge in [0, 0.05) is 6.04 Å². The van der Waals surface area contributed by atoms with E-state index in [9.17, 15) is 13.2 Å². The molecule has 1 N–H and O–H groups in total. The Morgan fingerprint density at radius 3 is 2.15 bits per heavy atom. The third-order valence-electron chi connectivity index (χ3n) is 4.87. The van der Waals surface area contributed by atoms with Gasteiger partial charge in [0.2, 0.25) is 15.9 Å². The molecule has 7 heteroatoms. The minimum Gasteiger partial charge on any atom is -0.497 e. The fraction of sp³-hybridized carbons (Fsp3) is 0.632. The Labute approximate surface area is 157 Å². The van der Waals surface area contributed by atoms with E-state index in [1.54, 1.807) is 38.3 Å². The number of nitrogens with one attached hydrogen (secondary N) is 1. The standard InChI is InChI=1S/C19H30N2O4S/c1-15(19(22)20-16-9-7-5-4-6-8-10-16)21(26(3,23)24)17-11-13-18(25-2)14-12-17/h11-16H,4-10H2,1-3H3,(H,20,22)/t15-/m0/s1. The molecule has 1 amide bonds. The lowest BCUT2D eigenvalue weighted by Crippen LogP contribution is -2.50. The number of rotatable bonds is 6. The molecular weight excluding hydrogens is 352 g/mol. The first-order valence-corrected chi connectivity index (χ1v) is 11.1. The summed E-state index contributed by atoms with van der Waals surface area (Å²) >= 11 is 0. The van der Waals surface area contributed by atoms with Crippen molar-refractivity contribution >= 4 is 21.6 Å². The number of hydrogen-bond acceptors (Lipinski definition) is 4. The predicted octanol–water partition coefficient (Wildman–Crippen LogP) is 3.08. The third-order valence-corrected chi connectivity index (χ3v) is 6.11. The quantitative estimate of drug-likeness (QED) is 0.820. The fourth-order valence-corrected chi connectivity index (χ4v) is 4.64. The van der Waals surface area contributed by atoms with Crippen molar-refractivity contribution < 1.29 is 17.9 Å². The lowest BCUT2D eigenvalue weighted by atomic mass is 9.96. The molecule has 26 heavy (non-hydrogen) atoms. The Balaban J connectivity index is 2.14. The third kappa shape index (κ3) is 5.62. The summed E-state index contributed by atoms with van der Waals surface area (Å²) in [6, 6.07) is 5.99. The van der Waals surface area contributed by atoms with Gasteiger partial charge in [0.1, 0.15) is 11.8 Å². The van der Waals surface area contributed by atoms with Crippen LogP contribution in [0.1, 0.15) is 51.9 Å². The highest BCUT2D eigenvalue weighted by molar-refractivity contribution is 7.92. The summed E-state index contributed by atoms with van der Waals surface area (Å²) in [6.07, 6.45) is 8.90. The second kappa shape index (κ2) is 9.26. The van der Waals surface area contributed by atoms with E-state index in [2.05, 4.69) is 5.32 Å². The van der Waals surface area contributed by atoms with Crippen molar-refractivity contribution in [2.45, 2.75) is 64.0 Å². The van der Waals surface area contributed by atoms with Gasteiger partial charge in [0.05, 0.1) is 19.1 Å². The Morgan fingerprint density at radius 2 is 1.65 bits per heavy atom. The van der Waals surface area contributed by atoms with Crippen LogP contribution >= 0.6 is 0 Å². The maximum Gasteiger partial charge on any atom is 0.243 e. The summed E-state index contributed by atoms with van der Waals surface area (Å²) in [4.78, 5) is 12.8. The topological polar surface area (TPSA) is 75.7 Å². The second-order valence-corrected chi connectivity index (χ2v) is 8.84. The van der Waals surface area contributed by atoms with Crippen LogP contribution in [-0.4, -0.2) is 39.8 Å². The van der Waals surface area contributed by atoms with E-state index in [0.717, 1.165) is 31.9 Å². The molecule has 6 nitrogen and oxygen atoms in total. The number of hydrogen-bond donors (Lipinski definition) is 1. The van der Waals surface area contributed by atoms with Crippen molar-refractivity contribution in [3.05, 3.63) is 24.3 Å². The van der Waals surface area contributed by atoms with Gasteiger partial charge in [0.25, 0.3) is 0 Å². The fourth-order valence-electron chi connectivity index (χ4n) is 3.46. The molecule has 1 aromatic rings. The number of ether oxygens (including phenoxy) is 1. The summed E-state index contributed by atoms with van der Waals surface area (Å²) in [5, 5.41) is 3.06. The van der Waals surface area contributed by atoms with E-state index in [1.807, 2.05) is 0 Å². The molecule has 0 unspecified atom stereocenters. The molecule has 0 aromatic heterocycles. The van der Waals surface area contributed by atoms with Crippen molar-refractivity contribution in [3.8, 4) is 5.75 Å². The van der Waals surface area contributed by atoms with Crippen LogP contribution < -0.4 is 14.4 Å². The van der Waals surface area contributed by atoms with Crippen molar-refractivity contribution in [1.82, 2.24) is 5.32 Å². The zero-order valence-electron chi connectivity index (χ0n) is 15.9. The van der Waals surface area contributed by atoms with Gasteiger partial charge in [-0.2, -0.15) is 0 Å². The minimum absolute atomic E-state index is 0.127. The number of methoxy groups -OCH3 is 1. The van der Waals surface area contributed by atoms with E-state index in [0.29, 0.717) is 11.4 Å². The molecule has 0 heterocycles. The summed E-state index contributed by atoms with van der Waals surface area (Å²) in [6.45, 7) is 1.63. The minimum atomic E-state index is -3.60. The highest BCUT2D eigenvalue weighted by Gasteiger charge is 2.30. The van der Waals surface area contributed by atoms with Gasteiger partial charge in [0.15, 0.2) is 0 Å². The van der Waals surface area contributed by atoms with E-state index in [1.165, 1.54) is 23.6 Å². The highest BCUT2D eigenvalue weighted by atomic mass is 32.2. The van der Waals surface area contributed by atoms with E-state index in [4.69, 9.17) is 4.74 Å². The number of amides is 1. The molecular formula is C19H30N2O4S. The first kappa shape index (κ1) is 20.6. The molecule has 1 aliphatic rings. The first-order valence-electron chi connectivity index (χ1n) is 9.27. The maximum atomic E-state index is 12.8. The zero-order chi connectivity index (χ0) is 19.2. The molecule has 1 fully saturated rings. The van der Waals surface area contributed by atoms with Gasteiger partial charge in [-0.15, -0.1) is 0 Å². The summed E-state index contributed by atoms with van der Waals surface area (Å²) in [7, 11) is -2.05. The number of nitrogens with zero attached hydrogens (tertiary/aromatic N) is 1. The highest BCUT2D eigenvalue weighted by Crippen LogP contribution is 2.24. The SMILES string of the molecule is COc1ccc(N([C@@H](C)C(=O)NC2CCCCCCC2)S(C)(=O)=O)cc1. The Bertz CT molecular complexity index is 680. The van der Waals surface area contributed by atoms with Crippen molar-refractivity contribution in [2.75, 3.05) is 17.7 Å². The van der Waals surface area contributed by atoms with Gasteiger partial charge < -0.3 is 10.1 Å². The predicted molar refractivity (Wildman–Crippen MR) is 104 cm³/mol. The van der Waals surface area contributed by atoms with Gasteiger partial charge >= 0.3 is 0 Å². The Kier molecular flexibility index (Phi) is 7.32. The van der Waals surface area contributed by atoms with Gasteiger partial charge in [-0.05, 0) is 44.0 Å². The zero-order valence-corrected chi connectivity index (χ0v) is 16.7. The molecule has 1 aromatic carbocycles. The number of benzene rings is 1. The van der Waals surface area contributed by atoms with Crippen LogP contribution in [0.15, 0.2) is 24.3 Å². The van der Waals surface area contributed by atoms with Crippen LogP contribution in [0.25, 0.3) is 0 Å². The summed E-state index contributed by atoms with van der Waals surface area (Å²) < 4.78 is 31.0. The van der Waals surface area contributed by atoms with Crippen LogP contribution in [-0.2, 0) is 14.8 Å². The number of carbonyl (C=O) groups excluding carboxylic acids is 1. The molecule has 0 aliphatic heterocycles. The molecule has 0 saturated heterocycles. The lowest BCUT2D eigenvalue weighted by Gasteiger charge is -2.30. The van der Waals surface area contributed by atoms with Crippen LogP contribution in [0.4, 0.5) is 5.69 Å². The summed E-state index contributed by atoms with van der Waals surface area (Å²) in [5.74, 6) is 0.380. The van der Waals surface area contributed by atoms with E-state index >= 15 is 0 Å². The molecule has 1 saturated carbocycles. The molecule has 0 spiro atoms. The first-order chi connectivity index (χ1) is 12.3. The number of anilines is 1.